The number of methoxy groups -OCH3 is 1. The van der Waals surface area contributed by atoms with Crippen LogP contribution in [0.25, 0.3) is 0 Å². The quantitative estimate of drug-likeness (QED) is 0.642. The van der Waals surface area contributed by atoms with Gasteiger partial charge in [-0.3, -0.25) is 0 Å². The Hall–Kier alpha value is 0.170. The van der Waals surface area contributed by atoms with E-state index in [0.29, 0.717) is 6.61 Å². The molecule has 0 radical (unpaired) electrons. The molecule has 0 aromatic rings. The lowest BCUT2D eigenvalue weighted by molar-refractivity contribution is -0.144. The number of alkyl halides is 1. The molecule has 4 heteroatoms. The highest BCUT2D eigenvalue weighted by atomic mass is 35.5. The molecular weight excluding hydrogens is 204 g/mol. The Kier molecular flexibility index (Phi) is 5.17. The summed E-state index contributed by atoms with van der Waals surface area (Å²) in [6.45, 7) is 5.34. The largest absolute Gasteiger partial charge is 0.379 e. The van der Waals surface area contributed by atoms with Crippen molar-refractivity contribution in [2.24, 2.45) is 0 Å². The Morgan fingerprint density at radius 2 is 2.21 bits per heavy atom. The van der Waals surface area contributed by atoms with Gasteiger partial charge in [-0.1, -0.05) is 0 Å². The van der Waals surface area contributed by atoms with Crippen LogP contribution >= 0.6 is 11.6 Å². The van der Waals surface area contributed by atoms with Crippen molar-refractivity contribution in [1.82, 2.24) is 0 Å². The molecule has 14 heavy (non-hydrogen) atoms. The first-order valence-corrected chi connectivity index (χ1v) is 5.52. The summed E-state index contributed by atoms with van der Waals surface area (Å²) in [6, 6.07) is 0. The summed E-state index contributed by atoms with van der Waals surface area (Å²) in [4.78, 5) is 0. The zero-order valence-corrected chi connectivity index (χ0v) is 9.79. The Labute approximate surface area is 90.7 Å². The molecule has 0 aromatic carbocycles. The lowest BCUT2D eigenvalue weighted by Crippen LogP contribution is -2.51. The first-order chi connectivity index (χ1) is 6.69. The van der Waals surface area contributed by atoms with E-state index < -0.39 is 0 Å². The van der Waals surface area contributed by atoms with Crippen molar-refractivity contribution >= 4 is 11.6 Å². The molecule has 0 aliphatic heterocycles. The van der Waals surface area contributed by atoms with Crippen molar-refractivity contribution in [3.05, 3.63) is 0 Å². The SMILES string of the molecule is CCOCC(C)OC1CC(Cl)C1OC. The Bertz CT molecular complexity index is 165. The van der Waals surface area contributed by atoms with Crippen LogP contribution in [-0.4, -0.2) is 44.0 Å². The minimum Gasteiger partial charge on any atom is -0.379 e. The van der Waals surface area contributed by atoms with Crippen LogP contribution in [0.15, 0.2) is 0 Å². The van der Waals surface area contributed by atoms with E-state index in [1.807, 2.05) is 13.8 Å². The fourth-order valence-corrected chi connectivity index (χ4v) is 2.02. The van der Waals surface area contributed by atoms with E-state index in [9.17, 15) is 0 Å². The summed E-state index contributed by atoms with van der Waals surface area (Å²) >= 11 is 5.96. The standard InChI is InChI=1S/C10H19ClO3/c1-4-13-6-7(2)14-9-5-8(11)10(9)12-3/h7-10H,4-6H2,1-3H3. The van der Waals surface area contributed by atoms with E-state index in [1.54, 1.807) is 7.11 Å². The molecule has 0 bridgehead atoms. The van der Waals surface area contributed by atoms with Crippen LogP contribution in [0.3, 0.4) is 0 Å². The van der Waals surface area contributed by atoms with E-state index in [0.717, 1.165) is 13.0 Å². The Morgan fingerprint density at radius 3 is 2.71 bits per heavy atom. The molecule has 0 heterocycles. The molecule has 0 spiro atoms. The molecule has 1 rings (SSSR count). The molecule has 0 saturated heterocycles. The van der Waals surface area contributed by atoms with Gasteiger partial charge in [0, 0.05) is 13.7 Å². The molecule has 4 atom stereocenters. The van der Waals surface area contributed by atoms with Crippen molar-refractivity contribution in [2.45, 2.75) is 44.0 Å². The van der Waals surface area contributed by atoms with Crippen LogP contribution in [0.5, 0.6) is 0 Å². The summed E-state index contributed by atoms with van der Waals surface area (Å²) in [6.07, 6.45) is 1.16. The zero-order valence-electron chi connectivity index (χ0n) is 9.03. The predicted octanol–water partition coefficient (Wildman–Crippen LogP) is 1.82. The molecule has 4 unspecified atom stereocenters. The summed E-state index contributed by atoms with van der Waals surface area (Å²) in [7, 11) is 1.67. The number of hydrogen-bond acceptors (Lipinski definition) is 3. The predicted molar refractivity (Wildman–Crippen MR) is 55.9 cm³/mol. The van der Waals surface area contributed by atoms with Gasteiger partial charge < -0.3 is 14.2 Å². The molecular formula is C10H19ClO3. The van der Waals surface area contributed by atoms with Gasteiger partial charge in [-0.2, -0.15) is 0 Å². The third-order valence-corrected chi connectivity index (χ3v) is 2.84. The maximum absolute atomic E-state index is 5.96. The number of ether oxygens (including phenoxy) is 3. The van der Waals surface area contributed by atoms with E-state index in [-0.39, 0.29) is 23.7 Å². The normalized spacial score (nSPS) is 33.9. The van der Waals surface area contributed by atoms with Gasteiger partial charge in [0.25, 0.3) is 0 Å². The lowest BCUT2D eigenvalue weighted by atomic mass is 9.91. The summed E-state index contributed by atoms with van der Waals surface area (Å²) < 4.78 is 16.2. The van der Waals surface area contributed by atoms with Gasteiger partial charge in [-0.15, -0.1) is 11.6 Å². The van der Waals surface area contributed by atoms with E-state index in [2.05, 4.69) is 0 Å². The van der Waals surface area contributed by atoms with Crippen molar-refractivity contribution in [1.29, 1.82) is 0 Å². The third kappa shape index (κ3) is 3.09. The first-order valence-electron chi connectivity index (χ1n) is 5.09. The number of rotatable bonds is 6. The maximum atomic E-state index is 5.96. The Morgan fingerprint density at radius 1 is 1.50 bits per heavy atom. The molecule has 0 N–H and O–H groups in total. The van der Waals surface area contributed by atoms with Crippen molar-refractivity contribution in [3.63, 3.8) is 0 Å². The van der Waals surface area contributed by atoms with Crippen LogP contribution in [0, 0.1) is 0 Å². The molecule has 0 amide bonds. The minimum absolute atomic E-state index is 0.0424. The fraction of sp³-hybridized carbons (Fsp3) is 1.00. The van der Waals surface area contributed by atoms with E-state index in [4.69, 9.17) is 25.8 Å². The highest BCUT2D eigenvalue weighted by Crippen LogP contribution is 2.32. The molecule has 84 valence electrons. The van der Waals surface area contributed by atoms with Gasteiger partial charge in [-0.25, -0.2) is 0 Å². The monoisotopic (exact) mass is 222 g/mol. The van der Waals surface area contributed by atoms with Gasteiger partial charge in [0.05, 0.1) is 30.3 Å². The van der Waals surface area contributed by atoms with Crippen molar-refractivity contribution in [3.8, 4) is 0 Å². The second-order valence-corrected chi connectivity index (χ2v) is 4.16. The third-order valence-electron chi connectivity index (χ3n) is 2.42. The zero-order chi connectivity index (χ0) is 10.6. The van der Waals surface area contributed by atoms with Gasteiger partial charge in [0.15, 0.2) is 0 Å². The van der Waals surface area contributed by atoms with Crippen LogP contribution in [0.1, 0.15) is 20.3 Å². The van der Waals surface area contributed by atoms with Gasteiger partial charge >= 0.3 is 0 Å². The molecule has 1 aliphatic rings. The summed E-state index contributed by atoms with van der Waals surface area (Å²) in [5.74, 6) is 0. The van der Waals surface area contributed by atoms with Crippen LogP contribution in [-0.2, 0) is 14.2 Å². The first kappa shape index (κ1) is 12.2. The Balaban J connectivity index is 2.17. The topological polar surface area (TPSA) is 27.7 Å². The van der Waals surface area contributed by atoms with Crippen LogP contribution in [0.2, 0.25) is 0 Å². The number of hydrogen-bond donors (Lipinski definition) is 0. The lowest BCUT2D eigenvalue weighted by Gasteiger charge is -2.41. The average molecular weight is 223 g/mol. The molecule has 1 saturated carbocycles. The maximum Gasteiger partial charge on any atom is 0.0997 e. The second kappa shape index (κ2) is 5.91. The second-order valence-electron chi connectivity index (χ2n) is 3.60. The minimum atomic E-state index is 0.0424. The van der Waals surface area contributed by atoms with E-state index >= 15 is 0 Å². The molecule has 3 nitrogen and oxygen atoms in total. The van der Waals surface area contributed by atoms with Crippen LogP contribution < -0.4 is 0 Å². The van der Waals surface area contributed by atoms with Gasteiger partial charge in [0.2, 0.25) is 0 Å². The smallest absolute Gasteiger partial charge is 0.0997 e. The van der Waals surface area contributed by atoms with Crippen LogP contribution in [0.4, 0.5) is 0 Å². The van der Waals surface area contributed by atoms with Gasteiger partial charge in [0.1, 0.15) is 0 Å². The molecule has 1 aliphatic carbocycles. The average Bonchev–Trinajstić information content (AvgIpc) is 2.14. The molecule has 1 fully saturated rings. The van der Waals surface area contributed by atoms with Crippen molar-refractivity contribution < 1.29 is 14.2 Å². The van der Waals surface area contributed by atoms with Crippen molar-refractivity contribution in [2.75, 3.05) is 20.3 Å². The highest BCUT2D eigenvalue weighted by Gasteiger charge is 2.41. The van der Waals surface area contributed by atoms with E-state index in [1.165, 1.54) is 0 Å². The van der Waals surface area contributed by atoms with Gasteiger partial charge in [-0.05, 0) is 20.3 Å². The summed E-state index contributed by atoms with van der Waals surface area (Å²) in [5.41, 5.74) is 0. The molecule has 0 aromatic heterocycles. The fourth-order valence-electron chi connectivity index (χ4n) is 1.58. The number of halogens is 1. The highest BCUT2D eigenvalue weighted by molar-refractivity contribution is 6.21. The summed E-state index contributed by atoms with van der Waals surface area (Å²) in [5, 5.41) is 0.101.